The molecule has 5 aromatic rings. The molecule has 0 fully saturated rings. The molecule has 1 N–H and O–H groups in total. The second-order valence-electron chi connectivity index (χ2n) is 11.0. The largest absolute Gasteiger partial charge is 0.496 e. The summed E-state index contributed by atoms with van der Waals surface area (Å²) in [6.07, 6.45) is -1.04. The molecule has 244 valence electrons. The van der Waals surface area contributed by atoms with E-state index in [2.05, 4.69) is 5.10 Å². The van der Waals surface area contributed by atoms with Crippen LogP contribution in [0.4, 0.5) is 10.6 Å². The zero-order valence-corrected chi connectivity index (χ0v) is 29.6. The van der Waals surface area contributed by atoms with Gasteiger partial charge in [-0.1, -0.05) is 53.5 Å². The van der Waals surface area contributed by atoms with Crippen molar-refractivity contribution in [3.05, 3.63) is 86.5 Å². The monoisotopic (exact) mass is 742 g/mol. The number of hydrogen-bond acceptors (Lipinski definition) is 9. The fourth-order valence-corrected chi connectivity index (χ4v) is 11.7. The number of carboxylic acid groups (broad SMARTS) is 1. The van der Waals surface area contributed by atoms with Crippen LogP contribution in [-0.4, -0.2) is 55.4 Å². The summed E-state index contributed by atoms with van der Waals surface area (Å²) in [5, 5.41) is 14.4. The lowest BCUT2D eigenvalue weighted by Crippen LogP contribution is -2.44. The molecule has 17 heteroatoms. The van der Waals surface area contributed by atoms with Crippen molar-refractivity contribution in [2.75, 3.05) is 10.8 Å². The maximum Gasteiger partial charge on any atom is 0.408 e. The molecule has 5 rings (SSSR count). The van der Waals surface area contributed by atoms with Gasteiger partial charge in [-0.2, -0.15) is 21.9 Å². The van der Waals surface area contributed by atoms with Gasteiger partial charge in [-0.05, 0) is 68.3 Å². The van der Waals surface area contributed by atoms with E-state index in [9.17, 15) is 26.7 Å². The highest BCUT2D eigenvalue weighted by atomic mass is 35.5. The maximum atomic E-state index is 14.2. The van der Waals surface area contributed by atoms with Crippen LogP contribution in [0.15, 0.2) is 75.1 Å². The van der Waals surface area contributed by atoms with Crippen LogP contribution in [0.1, 0.15) is 31.9 Å². The number of thiophene rings is 2. The lowest BCUT2D eigenvalue weighted by Gasteiger charge is -2.33. The van der Waals surface area contributed by atoms with Crippen LogP contribution in [0.2, 0.25) is 8.67 Å². The summed E-state index contributed by atoms with van der Waals surface area (Å²) in [5.74, 6) is -0.186. The molecule has 2 aromatic carbocycles. The molecule has 46 heavy (non-hydrogen) atoms. The highest BCUT2D eigenvalue weighted by molar-refractivity contribution is 8.11. The third-order valence-electron chi connectivity index (χ3n) is 6.89. The van der Waals surface area contributed by atoms with Gasteiger partial charge in [-0.15, -0.1) is 26.4 Å². The highest BCUT2D eigenvalue weighted by Gasteiger charge is 2.42. The fourth-order valence-electron chi connectivity index (χ4n) is 4.69. The Bertz CT molecular complexity index is 2060. The first-order valence-corrected chi connectivity index (χ1v) is 18.7. The van der Waals surface area contributed by atoms with Crippen LogP contribution in [-0.2, 0) is 33.1 Å². The van der Waals surface area contributed by atoms with Gasteiger partial charge in [-0.3, -0.25) is 9.58 Å². The summed E-state index contributed by atoms with van der Waals surface area (Å²) in [6.45, 7) is 5.74. The van der Waals surface area contributed by atoms with Crippen molar-refractivity contribution in [1.82, 2.24) is 14.7 Å². The Kier molecular flexibility index (Phi) is 9.38. The first kappa shape index (κ1) is 34.0. The number of sulfonamides is 2. The Hall–Kier alpha value is -3.34. The average Bonchev–Trinajstić information content (AvgIpc) is 3.71. The molecule has 0 aliphatic heterocycles. The fraction of sp³-hybridized carbons (Fsp3) is 0.241. The number of anilines is 1. The first-order valence-electron chi connectivity index (χ1n) is 13.5. The molecule has 0 aliphatic carbocycles. The smallest absolute Gasteiger partial charge is 0.408 e. The van der Waals surface area contributed by atoms with Gasteiger partial charge in [0.05, 0.1) is 33.2 Å². The van der Waals surface area contributed by atoms with E-state index in [0.29, 0.717) is 31.9 Å². The third kappa shape index (κ3) is 6.57. The van der Waals surface area contributed by atoms with Gasteiger partial charge in [0.2, 0.25) is 0 Å². The second-order valence-corrected chi connectivity index (χ2v) is 18.7. The summed E-state index contributed by atoms with van der Waals surface area (Å²) < 4.78 is 63.7. The second kappa shape index (κ2) is 12.7. The van der Waals surface area contributed by atoms with E-state index in [1.54, 1.807) is 42.5 Å². The van der Waals surface area contributed by atoms with Gasteiger partial charge in [0.15, 0.2) is 5.82 Å². The number of ether oxygens (including phenoxy) is 1. The van der Waals surface area contributed by atoms with E-state index < -0.39 is 31.7 Å². The molecule has 0 bridgehead atoms. The van der Waals surface area contributed by atoms with E-state index in [1.807, 2.05) is 20.8 Å². The molecular weight excluding hydrogens is 716 g/mol. The molecule has 3 aromatic heterocycles. The first-order chi connectivity index (χ1) is 21.5. The van der Waals surface area contributed by atoms with E-state index in [1.165, 1.54) is 41.0 Å². The number of aromatic nitrogens is 2. The quantitative estimate of drug-likeness (QED) is 0.156. The molecular formula is C29H28Cl2N4O7S4. The minimum atomic E-state index is -4.78. The van der Waals surface area contributed by atoms with Crippen molar-refractivity contribution in [3.63, 3.8) is 0 Å². The Morgan fingerprint density at radius 2 is 1.43 bits per heavy atom. The van der Waals surface area contributed by atoms with Gasteiger partial charge in [0, 0.05) is 12.1 Å². The number of amides is 1. The number of halogens is 2. The zero-order chi connectivity index (χ0) is 33.6. The third-order valence-corrected chi connectivity index (χ3v) is 14.4. The van der Waals surface area contributed by atoms with Gasteiger partial charge in [0.25, 0.3) is 20.0 Å². The average molecular weight is 744 g/mol. The Morgan fingerprint density at radius 1 is 0.891 bits per heavy atom. The standard InChI is InChI=1S/C29H28Cl2N4O7S4/c1-29(2,3)33(28(36)37)16-18-8-10-19(11-9-18)17-34-20-6-5-7-21(42-4)26(20)27(32-34)35(45(38,39)24-14-12-22(30)43-24)46(40,41)25-15-13-23(31)44-25/h5-15H,16-17H2,1-4H3,(H,36,37). The number of benzene rings is 2. The lowest BCUT2D eigenvalue weighted by molar-refractivity contribution is 0.0955. The minimum absolute atomic E-state index is 0.120. The predicted octanol–water partition coefficient (Wildman–Crippen LogP) is 7.39. The number of carbonyl (C=O) groups is 1. The number of methoxy groups -OCH3 is 1. The van der Waals surface area contributed by atoms with Crippen molar-refractivity contribution < 1.29 is 31.5 Å². The van der Waals surface area contributed by atoms with E-state index >= 15 is 0 Å². The molecule has 0 saturated carbocycles. The van der Waals surface area contributed by atoms with Crippen LogP contribution in [0.5, 0.6) is 5.75 Å². The molecule has 0 saturated heterocycles. The molecule has 0 spiro atoms. The number of nitrogens with zero attached hydrogens (tertiary/aromatic N) is 4. The van der Waals surface area contributed by atoms with E-state index in [0.717, 1.165) is 11.1 Å². The lowest BCUT2D eigenvalue weighted by atomic mass is 10.0. The predicted molar refractivity (Wildman–Crippen MR) is 181 cm³/mol. The minimum Gasteiger partial charge on any atom is -0.496 e. The van der Waals surface area contributed by atoms with Crippen molar-refractivity contribution in [3.8, 4) is 5.75 Å². The maximum absolute atomic E-state index is 14.2. The van der Waals surface area contributed by atoms with Crippen molar-refractivity contribution in [2.24, 2.45) is 0 Å². The molecule has 11 nitrogen and oxygen atoms in total. The summed E-state index contributed by atoms with van der Waals surface area (Å²) in [4.78, 5) is 13.2. The summed E-state index contributed by atoms with van der Waals surface area (Å²) in [5.41, 5.74) is 1.31. The summed E-state index contributed by atoms with van der Waals surface area (Å²) in [6, 6.07) is 17.3. The van der Waals surface area contributed by atoms with Crippen molar-refractivity contribution in [2.45, 2.75) is 47.8 Å². The topological polar surface area (TPSA) is 139 Å². The van der Waals surface area contributed by atoms with Crippen LogP contribution < -0.4 is 8.45 Å². The zero-order valence-electron chi connectivity index (χ0n) is 24.8. The van der Waals surface area contributed by atoms with Crippen LogP contribution in [0.3, 0.4) is 0 Å². The van der Waals surface area contributed by atoms with Gasteiger partial charge < -0.3 is 9.84 Å². The van der Waals surface area contributed by atoms with E-state index in [-0.39, 0.29) is 47.1 Å². The number of hydrogen-bond donors (Lipinski definition) is 1. The molecule has 0 aliphatic rings. The number of fused-ring (bicyclic) bond motifs is 1. The van der Waals surface area contributed by atoms with Crippen LogP contribution >= 0.6 is 45.9 Å². The van der Waals surface area contributed by atoms with Crippen LogP contribution in [0.25, 0.3) is 10.9 Å². The molecule has 3 heterocycles. The van der Waals surface area contributed by atoms with E-state index in [4.69, 9.17) is 27.9 Å². The van der Waals surface area contributed by atoms with Crippen LogP contribution in [0, 0.1) is 0 Å². The summed E-state index contributed by atoms with van der Waals surface area (Å²) in [7, 11) is -8.18. The molecule has 0 radical (unpaired) electrons. The molecule has 1 amide bonds. The number of rotatable bonds is 10. The Morgan fingerprint density at radius 3 is 1.89 bits per heavy atom. The SMILES string of the molecule is COc1cccc2c1c(N(S(=O)(=O)c1ccc(Cl)s1)S(=O)(=O)c1ccc(Cl)s1)nn2Cc1ccc(CN(C(=O)O)C(C)(C)C)cc1. The Labute approximate surface area is 284 Å². The Balaban J connectivity index is 1.65. The van der Waals surface area contributed by atoms with Gasteiger partial charge in [0.1, 0.15) is 14.2 Å². The van der Waals surface area contributed by atoms with Gasteiger partial charge in [-0.25, -0.2) is 4.79 Å². The van der Waals surface area contributed by atoms with Gasteiger partial charge >= 0.3 is 6.09 Å². The van der Waals surface area contributed by atoms with Crippen molar-refractivity contribution in [1.29, 1.82) is 0 Å². The summed E-state index contributed by atoms with van der Waals surface area (Å²) >= 11 is 13.5. The van der Waals surface area contributed by atoms with Crippen molar-refractivity contribution >= 4 is 88.7 Å². The normalized spacial score (nSPS) is 12.4. The highest BCUT2D eigenvalue weighted by Crippen LogP contribution is 2.42. The molecule has 0 atom stereocenters. The molecule has 0 unspecified atom stereocenters.